The van der Waals surface area contributed by atoms with Gasteiger partial charge in [0.25, 0.3) is 0 Å². The third kappa shape index (κ3) is 4.65. The highest BCUT2D eigenvalue weighted by Crippen LogP contribution is 2.29. The predicted octanol–water partition coefficient (Wildman–Crippen LogP) is 3.91. The largest absolute Gasteiger partial charge is 0.334 e. The van der Waals surface area contributed by atoms with Crippen molar-refractivity contribution in [3.63, 3.8) is 0 Å². The highest BCUT2D eigenvalue weighted by atomic mass is 16.2. The third-order valence-corrected chi connectivity index (χ3v) is 6.48. The molecule has 0 atom stereocenters. The zero-order chi connectivity index (χ0) is 25.8. The number of imidazole rings is 1. The number of unbranched alkanes of at least 4 members (excludes halogenated alkanes) is 1. The molecule has 5 rings (SSSR count). The second-order valence-electron chi connectivity index (χ2n) is 8.78. The first kappa shape index (κ1) is 24.1. The van der Waals surface area contributed by atoms with Crippen LogP contribution >= 0.6 is 0 Å². The summed E-state index contributed by atoms with van der Waals surface area (Å²) in [5.74, 6) is 1.11. The van der Waals surface area contributed by atoms with Crippen LogP contribution in [0, 0.1) is 0 Å². The summed E-state index contributed by atoms with van der Waals surface area (Å²) in [5, 5.41) is 14.4. The van der Waals surface area contributed by atoms with Gasteiger partial charge in [-0.2, -0.15) is 5.21 Å². The van der Waals surface area contributed by atoms with Crippen LogP contribution in [0.25, 0.3) is 28.3 Å². The number of aldehydes is 1. The van der Waals surface area contributed by atoms with Crippen LogP contribution in [0.4, 0.5) is 0 Å². The van der Waals surface area contributed by atoms with Crippen molar-refractivity contribution < 1.29 is 4.79 Å². The van der Waals surface area contributed by atoms with Gasteiger partial charge in [-0.25, -0.2) is 4.79 Å². The maximum atomic E-state index is 13.6. The van der Waals surface area contributed by atoms with Gasteiger partial charge in [-0.3, -0.25) is 18.9 Å². The van der Waals surface area contributed by atoms with Crippen LogP contribution in [0.1, 0.15) is 48.4 Å². The van der Waals surface area contributed by atoms with Gasteiger partial charge in [-0.15, -0.1) is 10.2 Å². The topological polar surface area (TPSA) is 116 Å². The highest BCUT2D eigenvalue weighted by molar-refractivity contribution is 5.80. The Kier molecular flexibility index (Phi) is 6.89. The number of carbonyl (C=O) groups is 1. The fourth-order valence-corrected chi connectivity index (χ4v) is 4.56. The maximum absolute atomic E-state index is 13.6. The van der Waals surface area contributed by atoms with Crippen LogP contribution in [0.3, 0.4) is 0 Å². The Morgan fingerprint density at radius 3 is 2.57 bits per heavy atom. The van der Waals surface area contributed by atoms with E-state index < -0.39 is 0 Å². The Balaban J connectivity index is 1.50. The van der Waals surface area contributed by atoms with Crippen molar-refractivity contribution in [2.75, 3.05) is 0 Å². The lowest BCUT2D eigenvalue weighted by molar-refractivity contribution is 0.112. The molecule has 0 aliphatic carbocycles. The predicted molar refractivity (Wildman–Crippen MR) is 140 cm³/mol. The monoisotopic (exact) mass is 496 g/mol. The minimum atomic E-state index is -0.184. The molecule has 37 heavy (non-hydrogen) atoms. The summed E-state index contributed by atoms with van der Waals surface area (Å²) >= 11 is 0. The van der Waals surface area contributed by atoms with Gasteiger partial charge < -0.3 is 4.57 Å². The molecule has 1 N–H and O–H groups in total. The fraction of sp³-hybridized carbons (Fsp3) is 0.259. The van der Waals surface area contributed by atoms with Crippen molar-refractivity contribution in [1.82, 2.24) is 39.3 Å². The first-order valence-electron chi connectivity index (χ1n) is 12.4. The van der Waals surface area contributed by atoms with Gasteiger partial charge in [0.15, 0.2) is 6.29 Å². The number of hydrogen-bond acceptors (Lipinski definition) is 6. The Bertz CT molecular complexity index is 1560. The summed E-state index contributed by atoms with van der Waals surface area (Å²) in [6.07, 6.45) is 9.02. The lowest BCUT2D eigenvalue weighted by atomic mass is 10.0. The molecular formula is C27H28N8O2. The first-order chi connectivity index (χ1) is 18.1. The number of carbonyl (C=O) groups excluding carboxylic acids is 1. The van der Waals surface area contributed by atoms with Crippen molar-refractivity contribution in [2.24, 2.45) is 0 Å². The van der Waals surface area contributed by atoms with Gasteiger partial charge >= 0.3 is 5.69 Å². The molecular weight excluding hydrogens is 468 g/mol. The second-order valence-corrected chi connectivity index (χ2v) is 8.78. The molecule has 10 nitrogen and oxygen atoms in total. The summed E-state index contributed by atoms with van der Waals surface area (Å²) in [7, 11) is 0. The van der Waals surface area contributed by atoms with Crippen LogP contribution in [-0.4, -0.2) is 45.6 Å². The van der Waals surface area contributed by atoms with E-state index in [1.165, 1.54) is 0 Å². The molecule has 10 heteroatoms. The Hall–Kier alpha value is -4.60. The molecule has 0 spiro atoms. The molecule has 0 unspecified atom stereocenters. The number of aryl methyl sites for hydroxylation is 2. The molecule has 5 aromatic rings. The molecule has 0 bridgehead atoms. The zero-order valence-corrected chi connectivity index (χ0v) is 20.8. The van der Waals surface area contributed by atoms with E-state index in [9.17, 15) is 9.59 Å². The zero-order valence-electron chi connectivity index (χ0n) is 20.8. The third-order valence-electron chi connectivity index (χ3n) is 6.48. The minimum Gasteiger partial charge on any atom is -0.334 e. The van der Waals surface area contributed by atoms with E-state index in [1.54, 1.807) is 21.4 Å². The average molecular weight is 497 g/mol. The molecule has 0 saturated carbocycles. The van der Waals surface area contributed by atoms with Crippen molar-refractivity contribution >= 4 is 6.29 Å². The molecule has 4 heterocycles. The summed E-state index contributed by atoms with van der Waals surface area (Å²) in [6, 6.07) is 13.5. The number of aromatic nitrogens is 8. The minimum absolute atomic E-state index is 0.184. The van der Waals surface area contributed by atoms with Crippen molar-refractivity contribution in [1.29, 1.82) is 0 Å². The van der Waals surface area contributed by atoms with E-state index in [-0.39, 0.29) is 5.69 Å². The quantitative estimate of drug-likeness (QED) is 0.293. The van der Waals surface area contributed by atoms with Crippen LogP contribution in [0.5, 0.6) is 0 Å². The van der Waals surface area contributed by atoms with Crippen LogP contribution in [0.15, 0.2) is 65.8 Å². The molecule has 1 aromatic carbocycles. The van der Waals surface area contributed by atoms with Gasteiger partial charge in [0.2, 0.25) is 5.82 Å². The van der Waals surface area contributed by atoms with E-state index in [2.05, 4.69) is 32.5 Å². The lowest BCUT2D eigenvalue weighted by Crippen LogP contribution is -2.26. The number of benzene rings is 1. The van der Waals surface area contributed by atoms with Gasteiger partial charge in [-0.1, -0.05) is 43.7 Å². The van der Waals surface area contributed by atoms with Crippen LogP contribution < -0.4 is 5.69 Å². The number of H-pyrrole nitrogens is 1. The average Bonchev–Trinajstić information content (AvgIpc) is 3.68. The fourth-order valence-electron chi connectivity index (χ4n) is 4.56. The van der Waals surface area contributed by atoms with Crippen molar-refractivity contribution in [3.8, 4) is 28.3 Å². The summed E-state index contributed by atoms with van der Waals surface area (Å²) in [6.45, 7) is 5.10. The Morgan fingerprint density at radius 2 is 1.89 bits per heavy atom. The molecule has 0 aliphatic rings. The van der Waals surface area contributed by atoms with E-state index in [0.29, 0.717) is 30.3 Å². The van der Waals surface area contributed by atoms with Gasteiger partial charge in [-0.05, 0) is 42.7 Å². The van der Waals surface area contributed by atoms with E-state index in [0.717, 1.165) is 53.6 Å². The number of aromatic amines is 1. The number of nitrogens with zero attached hydrogens (tertiary/aromatic N) is 7. The molecule has 0 saturated heterocycles. The van der Waals surface area contributed by atoms with Crippen molar-refractivity contribution in [3.05, 3.63) is 88.5 Å². The summed E-state index contributed by atoms with van der Waals surface area (Å²) in [4.78, 5) is 30.0. The normalized spacial score (nSPS) is 11.2. The number of pyridine rings is 1. The molecule has 0 fully saturated rings. The van der Waals surface area contributed by atoms with E-state index in [1.807, 2.05) is 60.3 Å². The first-order valence-corrected chi connectivity index (χ1v) is 12.4. The Morgan fingerprint density at radius 1 is 1.05 bits per heavy atom. The van der Waals surface area contributed by atoms with Gasteiger partial charge in [0.1, 0.15) is 5.82 Å². The molecule has 0 amide bonds. The maximum Gasteiger partial charge on any atom is 0.334 e. The lowest BCUT2D eigenvalue weighted by Gasteiger charge is -2.09. The van der Waals surface area contributed by atoms with Crippen LogP contribution in [0.2, 0.25) is 0 Å². The summed E-state index contributed by atoms with van der Waals surface area (Å²) < 4.78 is 5.26. The number of nitrogens with one attached hydrogen (secondary N) is 1. The summed E-state index contributed by atoms with van der Waals surface area (Å²) in [5.41, 5.74) is 4.70. The smallest absolute Gasteiger partial charge is 0.334 e. The standard InChI is InChI=1S/C27H28N8O2/c1-3-5-8-22-17-35(26-20(18-36)13-14-33(26)4-2)27(37)34(22)16-21-12-11-19(15-28-21)23-9-6-7-10-24(23)25-29-31-32-30-25/h6-7,9-15,17-18H,3-5,8,16H2,1-2H3,(H,29,30,31,32). The molecule has 188 valence electrons. The molecule has 0 radical (unpaired) electrons. The van der Waals surface area contributed by atoms with Gasteiger partial charge in [0.05, 0.1) is 17.8 Å². The Labute approximate surface area is 213 Å². The second kappa shape index (κ2) is 10.6. The highest BCUT2D eigenvalue weighted by Gasteiger charge is 2.18. The number of rotatable bonds is 10. The van der Waals surface area contributed by atoms with E-state index in [4.69, 9.17) is 0 Å². The SMILES string of the molecule is CCCCc1cn(-c2c(C=O)ccn2CC)c(=O)n1Cc1ccc(-c2ccccc2-c2nn[nH]n2)cn1. The number of tetrazole rings is 1. The molecule has 4 aromatic heterocycles. The van der Waals surface area contributed by atoms with Crippen molar-refractivity contribution in [2.45, 2.75) is 46.2 Å². The van der Waals surface area contributed by atoms with Crippen LogP contribution in [-0.2, 0) is 19.5 Å². The van der Waals surface area contributed by atoms with Gasteiger partial charge in [0, 0.05) is 42.0 Å². The van der Waals surface area contributed by atoms with E-state index >= 15 is 0 Å². The number of hydrogen-bond donors (Lipinski definition) is 1. The molecule has 0 aliphatic heterocycles.